The van der Waals surface area contributed by atoms with Gasteiger partial charge in [-0.3, -0.25) is 4.79 Å². The number of nitrogens with zero attached hydrogens (tertiary/aromatic N) is 3. The zero-order valence-corrected chi connectivity index (χ0v) is 20.4. The SMILES string of the molecule is [N-]=[N+]=N[C@@H](c1ccccc1)[C@H](O)CC(C(=O)c1ccccc1)P(=O)(c1ccccc1)c1ccccc1. The number of carbonyl (C=O) groups is 1. The Kier molecular flexibility index (Phi) is 8.14. The number of Topliss-reactive ketones (excluding diaryl/α,β-unsaturated/α-hetero) is 1. The topological polar surface area (TPSA) is 103 Å². The van der Waals surface area contributed by atoms with Gasteiger partial charge < -0.3 is 9.67 Å². The molecule has 0 aromatic heterocycles. The van der Waals surface area contributed by atoms with E-state index >= 15 is 4.57 Å². The van der Waals surface area contributed by atoms with E-state index in [9.17, 15) is 15.4 Å². The number of hydrogen-bond acceptors (Lipinski definition) is 4. The molecule has 0 aliphatic heterocycles. The Balaban J connectivity index is 1.87. The molecule has 0 amide bonds. The highest BCUT2D eigenvalue weighted by atomic mass is 31.2. The molecule has 0 aliphatic rings. The summed E-state index contributed by atoms with van der Waals surface area (Å²) in [6.45, 7) is 0. The number of ketones is 1. The monoisotopic (exact) mass is 495 g/mol. The van der Waals surface area contributed by atoms with Crippen molar-refractivity contribution < 1.29 is 14.5 Å². The highest BCUT2D eigenvalue weighted by Gasteiger charge is 2.43. The molecule has 180 valence electrons. The maximum Gasteiger partial charge on any atom is 0.173 e. The Hall–Kier alpha value is -3.95. The van der Waals surface area contributed by atoms with E-state index in [1.54, 1.807) is 97.1 Å². The molecule has 0 saturated carbocycles. The lowest BCUT2D eigenvalue weighted by molar-refractivity contribution is 0.0921. The molecular weight excluding hydrogens is 469 g/mol. The molecule has 0 heterocycles. The first kappa shape index (κ1) is 25.2. The molecule has 36 heavy (non-hydrogen) atoms. The normalized spacial score (nSPS) is 13.7. The molecule has 0 saturated heterocycles. The van der Waals surface area contributed by atoms with E-state index in [1.165, 1.54) is 0 Å². The zero-order chi connectivity index (χ0) is 25.4. The largest absolute Gasteiger partial charge is 0.392 e. The van der Waals surface area contributed by atoms with Crippen LogP contribution in [-0.4, -0.2) is 22.7 Å². The van der Waals surface area contributed by atoms with Crippen LogP contribution < -0.4 is 10.6 Å². The zero-order valence-electron chi connectivity index (χ0n) is 19.5. The quantitative estimate of drug-likeness (QED) is 0.0951. The van der Waals surface area contributed by atoms with E-state index < -0.39 is 24.9 Å². The van der Waals surface area contributed by atoms with Crippen molar-refractivity contribution in [2.24, 2.45) is 5.11 Å². The van der Waals surface area contributed by atoms with E-state index in [0.29, 0.717) is 21.7 Å². The Bertz CT molecular complexity index is 1330. The second-order valence-electron chi connectivity index (χ2n) is 8.44. The van der Waals surface area contributed by atoms with E-state index in [2.05, 4.69) is 10.0 Å². The third-order valence-corrected chi connectivity index (χ3v) is 9.68. The van der Waals surface area contributed by atoms with Crippen molar-refractivity contribution in [2.75, 3.05) is 0 Å². The minimum atomic E-state index is -3.60. The molecular formula is C29H26N3O3P. The van der Waals surface area contributed by atoms with Crippen LogP contribution in [0.4, 0.5) is 0 Å². The highest BCUT2D eigenvalue weighted by molar-refractivity contribution is 7.80. The smallest absolute Gasteiger partial charge is 0.173 e. The van der Waals surface area contributed by atoms with Gasteiger partial charge in [-0.2, -0.15) is 0 Å². The van der Waals surface area contributed by atoms with Crippen molar-refractivity contribution in [1.82, 2.24) is 0 Å². The van der Waals surface area contributed by atoms with Crippen LogP contribution in [0.2, 0.25) is 0 Å². The Morgan fingerprint density at radius 1 is 0.778 bits per heavy atom. The van der Waals surface area contributed by atoms with Gasteiger partial charge in [-0.15, -0.1) is 0 Å². The van der Waals surface area contributed by atoms with Gasteiger partial charge in [0.15, 0.2) is 12.9 Å². The molecule has 4 rings (SSSR count). The van der Waals surface area contributed by atoms with Gasteiger partial charge in [0, 0.05) is 21.1 Å². The molecule has 0 radical (unpaired) electrons. The fourth-order valence-corrected chi connectivity index (χ4v) is 7.69. The van der Waals surface area contributed by atoms with Crippen molar-refractivity contribution in [1.29, 1.82) is 0 Å². The summed E-state index contributed by atoms with van der Waals surface area (Å²) in [7, 11) is -3.60. The number of azide groups is 1. The molecule has 3 atom stereocenters. The van der Waals surface area contributed by atoms with Crippen LogP contribution in [0.5, 0.6) is 0 Å². The van der Waals surface area contributed by atoms with Gasteiger partial charge in [-0.25, -0.2) is 0 Å². The summed E-state index contributed by atoms with van der Waals surface area (Å²) >= 11 is 0. The van der Waals surface area contributed by atoms with Crippen LogP contribution in [0.1, 0.15) is 28.4 Å². The number of carbonyl (C=O) groups excluding carboxylic acids is 1. The predicted molar refractivity (Wildman–Crippen MR) is 143 cm³/mol. The fourth-order valence-electron chi connectivity index (χ4n) is 4.45. The van der Waals surface area contributed by atoms with Crippen molar-refractivity contribution >= 4 is 23.5 Å². The highest BCUT2D eigenvalue weighted by Crippen LogP contribution is 2.52. The molecule has 6 nitrogen and oxygen atoms in total. The predicted octanol–water partition coefficient (Wildman–Crippen LogP) is 6.05. The van der Waals surface area contributed by atoms with E-state index in [4.69, 9.17) is 0 Å². The second kappa shape index (κ2) is 11.7. The molecule has 0 spiro atoms. The van der Waals surface area contributed by atoms with Gasteiger partial charge in [-0.05, 0) is 17.5 Å². The summed E-state index contributed by atoms with van der Waals surface area (Å²) in [6.07, 6.45) is -1.41. The summed E-state index contributed by atoms with van der Waals surface area (Å²) in [5, 5.41) is 16.3. The molecule has 1 unspecified atom stereocenters. The van der Waals surface area contributed by atoms with Crippen molar-refractivity contribution in [2.45, 2.75) is 24.2 Å². The minimum absolute atomic E-state index is 0.159. The Morgan fingerprint density at radius 3 is 1.69 bits per heavy atom. The first-order valence-electron chi connectivity index (χ1n) is 11.6. The third kappa shape index (κ3) is 5.32. The lowest BCUT2D eigenvalue weighted by atomic mass is 9.96. The molecule has 4 aromatic carbocycles. The second-order valence-corrected chi connectivity index (χ2v) is 11.4. The van der Waals surface area contributed by atoms with Gasteiger partial charge in [0.1, 0.15) is 0 Å². The van der Waals surface area contributed by atoms with Gasteiger partial charge >= 0.3 is 0 Å². The first-order chi connectivity index (χ1) is 17.6. The summed E-state index contributed by atoms with van der Waals surface area (Å²) in [5.41, 5.74) is 9.14. The molecule has 4 aromatic rings. The lowest BCUT2D eigenvalue weighted by Gasteiger charge is -2.31. The lowest BCUT2D eigenvalue weighted by Crippen LogP contribution is -2.36. The summed E-state index contributed by atoms with van der Waals surface area (Å²) in [6, 6.07) is 34.5. The molecule has 0 aliphatic carbocycles. The minimum Gasteiger partial charge on any atom is -0.392 e. The third-order valence-electron chi connectivity index (χ3n) is 6.23. The summed E-state index contributed by atoms with van der Waals surface area (Å²) in [5.74, 6) is -0.335. The fraction of sp³-hybridized carbons (Fsp3) is 0.138. The molecule has 0 fully saturated rings. The van der Waals surface area contributed by atoms with Gasteiger partial charge in [0.25, 0.3) is 0 Å². The summed E-state index contributed by atoms with van der Waals surface area (Å²) in [4.78, 5) is 16.9. The van der Waals surface area contributed by atoms with E-state index in [-0.39, 0.29) is 12.2 Å². The van der Waals surface area contributed by atoms with Crippen LogP contribution in [0.3, 0.4) is 0 Å². The van der Waals surface area contributed by atoms with Crippen molar-refractivity contribution in [3.8, 4) is 0 Å². The van der Waals surface area contributed by atoms with E-state index in [0.717, 1.165) is 0 Å². The molecule has 7 heteroatoms. The Labute approximate surface area is 210 Å². The number of hydrogen-bond donors (Lipinski definition) is 1. The van der Waals surface area contributed by atoms with Crippen LogP contribution in [0.15, 0.2) is 126 Å². The maximum atomic E-state index is 15.1. The van der Waals surface area contributed by atoms with Crippen LogP contribution in [0, 0.1) is 0 Å². The average Bonchev–Trinajstić information content (AvgIpc) is 2.95. The van der Waals surface area contributed by atoms with Crippen molar-refractivity contribution in [3.63, 3.8) is 0 Å². The average molecular weight is 496 g/mol. The molecule has 1 N–H and O–H groups in total. The number of aliphatic hydroxyl groups is 1. The standard InChI is InChI=1S/C29H26N3O3P/c30-32-31-28(22-13-5-1-6-14-22)26(33)21-27(29(34)23-15-7-2-8-16-23)36(35,24-17-9-3-10-18-24)25-19-11-4-12-20-25/h1-20,26-28,33H,21H2/t26-,27?,28+/m1/s1. The Morgan fingerprint density at radius 2 is 1.22 bits per heavy atom. The van der Waals surface area contributed by atoms with Gasteiger partial charge in [-0.1, -0.05) is 126 Å². The van der Waals surface area contributed by atoms with Crippen molar-refractivity contribution in [3.05, 3.63) is 143 Å². The number of benzene rings is 4. The number of rotatable bonds is 10. The molecule has 0 bridgehead atoms. The van der Waals surface area contributed by atoms with Crippen LogP contribution in [0.25, 0.3) is 10.4 Å². The first-order valence-corrected chi connectivity index (χ1v) is 13.4. The van der Waals surface area contributed by atoms with Gasteiger partial charge in [0.05, 0.1) is 17.8 Å². The van der Waals surface area contributed by atoms with Crippen LogP contribution >= 0.6 is 7.14 Å². The van der Waals surface area contributed by atoms with Gasteiger partial charge in [0.2, 0.25) is 0 Å². The van der Waals surface area contributed by atoms with Crippen LogP contribution in [-0.2, 0) is 4.57 Å². The van der Waals surface area contributed by atoms with E-state index in [1.807, 2.05) is 24.3 Å². The number of aliphatic hydroxyl groups excluding tert-OH is 1. The summed E-state index contributed by atoms with van der Waals surface area (Å²) < 4.78 is 15.1. The maximum absolute atomic E-state index is 15.1.